The standard InChI is InChI=1S/C25H25N3O2/c1-26(2)15-16-27(21-11-13-22(14-12-21)28(29)30)18-25-23-9-5-3-7-19(23)17-20-8-4-6-10-24(20)25/h3-14,17H,15-16,18H2,1-2H3. The molecule has 0 aliphatic heterocycles. The number of rotatable bonds is 7. The second-order valence-electron chi connectivity index (χ2n) is 7.80. The van der Waals surface area contributed by atoms with Gasteiger partial charge in [0.25, 0.3) is 5.69 Å². The van der Waals surface area contributed by atoms with Crippen LogP contribution in [0.15, 0.2) is 78.9 Å². The topological polar surface area (TPSA) is 49.6 Å². The van der Waals surface area contributed by atoms with Gasteiger partial charge < -0.3 is 9.80 Å². The van der Waals surface area contributed by atoms with E-state index in [1.54, 1.807) is 12.1 Å². The van der Waals surface area contributed by atoms with E-state index in [0.29, 0.717) is 0 Å². The second-order valence-corrected chi connectivity index (χ2v) is 7.80. The lowest BCUT2D eigenvalue weighted by Crippen LogP contribution is -2.31. The molecule has 0 aromatic heterocycles. The van der Waals surface area contributed by atoms with Gasteiger partial charge in [-0.05, 0) is 59.4 Å². The number of hydrogen-bond donors (Lipinski definition) is 0. The monoisotopic (exact) mass is 399 g/mol. The minimum absolute atomic E-state index is 0.113. The molecule has 0 bridgehead atoms. The van der Waals surface area contributed by atoms with Gasteiger partial charge in [0.2, 0.25) is 0 Å². The van der Waals surface area contributed by atoms with Gasteiger partial charge in [-0.3, -0.25) is 10.1 Å². The average molecular weight is 399 g/mol. The number of likely N-dealkylation sites (N-methyl/N-ethyl adjacent to an activating group) is 1. The highest BCUT2D eigenvalue weighted by molar-refractivity contribution is 6.02. The molecule has 0 heterocycles. The molecule has 0 saturated heterocycles. The molecule has 0 amide bonds. The number of non-ortho nitro benzene ring substituents is 1. The van der Waals surface area contributed by atoms with Crippen molar-refractivity contribution in [3.8, 4) is 0 Å². The highest BCUT2D eigenvalue weighted by Crippen LogP contribution is 2.31. The van der Waals surface area contributed by atoms with Gasteiger partial charge in [-0.1, -0.05) is 48.5 Å². The molecule has 0 spiro atoms. The van der Waals surface area contributed by atoms with Crippen molar-refractivity contribution in [3.63, 3.8) is 0 Å². The molecule has 5 nitrogen and oxygen atoms in total. The fourth-order valence-corrected chi connectivity index (χ4v) is 3.87. The lowest BCUT2D eigenvalue weighted by molar-refractivity contribution is -0.384. The molecule has 0 aliphatic carbocycles. The summed E-state index contributed by atoms with van der Waals surface area (Å²) in [5, 5.41) is 16.0. The Morgan fingerprint density at radius 2 is 1.37 bits per heavy atom. The Balaban J connectivity index is 1.80. The number of hydrogen-bond acceptors (Lipinski definition) is 4. The quantitative estimate of drug-likeness (QED) is 0.235. The summed E-state index contributed by atoms with van der Waals surface area (Å²) in [4.78, 5) is 15.2. The first-order chi connectivity index (χ1) is 14.5. The highest BCUT2D eigenvalue weighted by Gasteiger charge is 2.15. The largest absolute Gasteiger partial charge is 0.366 e. The Bertz CT molecular complexity index is 1130. The van der Waals surface area contributed by atoms with Crippen molar-refractivity contribution in [2.24, 2.45) is 0 Å². The predicted molar refractivity (Wildman–Crippen MR) is 124 cm³/mol. The second kappa shape index (κ2) is 8.51. The van der Waals surface area contributed by atoms with Gasteiger partial charge in [0.15, 0.2) is 0 Å². The van der Waals surface area contributed by atoms with E-state index in [1.807, 2.05) is 12.1 Å². The Kier molecular flexibility index (Phi) is 5.63. The fourth-order valence-electron chi connectivity index (χ4n) is 3.87. The summed E-state index contributed by atoms with van der Waals surface area (Å²) in [6.07, 6.45) is 0. The molecule has 0 saturated carbocycles. The number of benzene rings is 4. The van der Waals surface area contributed by atoms with Gasteiger partial charge >= 0.3 is 0 Å². The van der Waals surface area contributed by atoms with E-state index in [9.17, 15) is 10.1 Å². The first kappa shape index (κ1) is 19.9. The van der Waals surface area contributed by atoms with Gasteiger partial charge in [0.1, 0.15) is 0 Å². The van der Waals surface area contributed by atoms with E-state index >= 15 is 0 Å². The van der Waals surface area contributed by atoms with Crippen LogP contribution >= 0.6 is 0 Å². The van der Waals surface area contributed by atoms with E-state index in [2.05, 4.69) is 78.5 Å². The Morgan fingerprint density at radius 3 is 1.90 bits per heavy atom. The molecule has 4 rings (SSSR count). The van der Waals surface area contributed by atoms with Crippen LogP contribution in [0.2, 0.25) is 0 Å². The maximum atomic E-state index is 11.1. The summed E-state index contributed by atoms with van der Waals surface area (Å²) in [6, 6.07) is 26.1. The molecule has 30 heavy (non-hydrogen) atoms. The third-order valence-corrected chi connectivity index (χ3v) is 5.47. The Labute approximate surface area is 176 Å². The van der Waals surface area contributed by atoms with Crippen molar-refractivity contribution in [1.82, 2.24) is 4.90 Å². The summed E-state index contributed by atoms with van der Waals surface area (Å²) in [7, 11) is 4.11. The van der Waals surface area contributed by atoms with Crippen LogP contribution in [0.4, 0.5) is 11.4 Å². The zero-order valence-corrected chi connectivity index (χ0v) is 17.3. The molecule has 0 N–H and O–H groups in total. The maximum absolute atomic E-state index is 11.1. The molecule has 0 aliphatic rings. The summed E-state index contributed by atoms with van der Waals surface area (Å²) in [5.41, 5.74) is 2.38. The van der Waals surface area contributed by atoms with Gasteiger partial charge in [0, 0.05) is 37.5 Å². The van der Waals surface area contributed by atoms with E-state index in [4.69, 9.17) is 0 Å². The number of nitro groups is 1. The number of anilines is 1. The SMILES string of the molecule is CN(C)CCN(Cc1c2ccccc2cc2ccccc12)c1ccc([N+](=O)[O-])cc1. The average Bonchev–Trinajstić information content (AvgIpc) is 2.76. The zero-order chi connectivity index (χ0) is 21.1. The number of fused-ring (bicyclic) bond motifs is 2. The lowest BCUT2D eigenvalue weighted by atomic mass is 9.96. The smallest absolute Gasteiger partial charge is 0.269 e. The van der Waals surface area contributed by atoms with E-state index in [0.717, 1.165) is 25.3 Å². The normalized spacial score (nSPS) is 11.3. The molecule has 4 aromatic rings. The van der Waals surface area contributed by atoms with Crippen molar-refractivity contribution in [1.29, 1.82) is 0 Å². The van der Waals surface area contributed by atoms with E-state index < -0.39 is 0 Å². The van der Waals surface area contributed by atoms with Crippen LogP contribution in [-0.2, 0) is 6.54 Å². The van der Waals surface area contributed by atoms with Crippen LogP contribution < -0.4 is 4.90 Å². The number of nitro benzene ring substituents is 1. The molecule has 0 unspecified atom stereocenters. The van der Waals surface area contributed by atoms with Crippen LogP contribution in [-0.4, -0.2) is 37.0 Å². The first-order valence-corrected chi connectivity index (χ1v) is 10.1. The molecule has 4 aromatic carbocycles. The van der Waals surface area contributed by atoms with Crippen molar-refractivity contribution in [2.45, 2.75) is 6.54 Å². The van der Waals surface area contributed by atoms with E-state index in [-0.39, 0.29) is 10.6 Å². The minimum Gasteiger partial charge on any atom is -0.366 e. The third-order valence-electron chi connectivity index (χ3n) is 5.47. The zero-order valence-electron chi connectivity index (χ0n) is 17.3. The van der Waals surface area contributed by atoms with Crippen molar-refractivity contribution in [2.75, 3.05) is 32.1 Å². The van der Waals surface area contributed by atoms with Gasteiger partial charge in [-0.2, -0.15) is 0 Å². The van der Waals surface area contributed by atoms with Crippen molar-refractivity contribution >= 4 is 32.9 Å². The Hall–Kier alpha value is -3.44. The molecule has 0 radical (unpaired) electrons. The molecule has 0 fully saturated rings. The van der Waals surface area contributed by atoms with Crippen molar-refractivity contribution < 1.29 is 4.92 Å². The molecular formula is C25H25N3O2. The van der Waals surface area contributed by atoms with Crippen LogP contribution in [0.25, 0.3) is 21.5 Å². The molecule has 152 valence electrons. The van der Waals surface area contributed by atoms with Crippen LogP contribution in [0, 0.1) is 10.1 Å². The molecule has 5 heteroatoms. The summed E-state index contributed by atoms with van der Waals surface area (Å²) in [6.45, 7) is 2.44. The minimum atomic E-state index is -0.355. The van der Waals surface area contributed by atoms with Gasteiger partial charge in [-0.25, -0.2) is 0 Å². The van der Waals surface area contributed by atoms with Gasteiger partial charge in [-0.15, -0.1) is 0 Å². The van der Waals surface area contributed by atoms with Crippen LogP contribution in [0.3, 0.4) is 0 Å². The van der Waals surface area contributed by atoms with E-state index in [1.165, 1.54) is 27.1 Å². The summed E-state index contributed by atoms with van der Waals surface area (Å²) >= 11 is 0. The summed E-state index contributed by atoms with van der Waals surface area (Å²) in [5.74, 6) is 0. The highest BCUT2D eigenvalue weighted by atomic mass is 16.6. The predicted octanol–water partition coefficient (Wildman–Crippen LogP) is 5.47. The summed E-state index contributed by atoms with van der Waals surface area (Å²) < 4.78 is 0. The van der Waals surface area contributed by atoms with Crippen LogP contribution in [0.1, 0.15) is 5.56 Å². The molecular weight excluding hydrogens is 374 g/mol. The van der Waals surface area contributed by atoms with Gasteiger partial charge in [0.05, 0.1) is 4.92 Å². The lowest BCUT2D eigenvalue weighted by Gasteiger charge is -2.28. The van der Waals surface area contributed by atoms with Crippen LogP contribution in [0.5, 0.6) is 0 Å². The molecule has 0 atom stereocenters. The first-order valence-electron chi connectivity index (χ1n) is 10.1. The maximum Gasteiger partial charge on any atom is 0.269 e. The fraction of sp³-hybridized carbons (Fsp3) is 0.200. The third kappa shape index (κ3) is 4.11. The Morgan fingerprint density at radius 1 is 0.800 bits per heavy atom. The number of nitrogens with zero attached hydrogens (tertiary/aromatic N) is 3. The van der Waals surface area contributed by atoms with Crippen molar-refractivity contribution in [3.05, 3.63) is 94.5 Å².